The van der Waals surface area contributed by atoms with E-state index in [1.165, 1.54) is 0 Å². The molecule has 0 aliphatic rings. The molecule has 0 amide bonds. The molecule has 0 aliphatic heterocycles. The van der Waals surface area contributed by atoms with Crippen molar-refractivity contribution in [3.8, 4) is 0 Å². The van der Waals surface area contributed by atoms with E-state index in [4.69, 9.17) is 0 Å². The van der Waals surface area contributed by atoms with E-state index in [0.717, 1.165) is 24.7 Å². The minimum absolute atomic E-state index is 0.221. The lowest BCUT2D eigenvalue weighted by Crippen LogP contribution is -2.08. The highest BCUT2D eigenvalue weighted by molar-refractivity contribution is 5.21. The Labute approximate surface area is 104 Å². The van der Waals surface area contributed by atoms with Gasteiger partial charge in [0.25, 0.3) is 0 Å². The van der Waals surface area contributed by atoms with E-state index >= 15 is 0 Å². The van der Waals surface area contributed by atoms with Crippen LogP contribution in [0, 0.1) is 11.6 Å². The van der Waals surface area contributed by atoms with Crippen LogP contribution in [-0.4, -0.2) is 14.7 Å². The summed E-state index contributed by atoms with van der Waals surface area (Å²) in [5, 5.41) is 9.97. The molecule has 3 nitrogen and oxygen atoms in total. The van der Waals surface area contributed by atoms with Crippen molar-refractivity contribution in [2.45, 2.75) is 26.0 Å². The van der Waals surface area contributed by atoms with Gasteiger partial charge in [0.2, 0.25) is 0 Å². The Kier molecular flexibility index (Phi) is 3.72. The summed E-state index contributed by atoms with van der Waals surface area (Å²) in [7, 11) is 0. The van der Waals surface area contributed by atoms with Gasteiger partial charge in [0.05, 0.1) is 6.10 Å². The zero-order chi connectivity index (χ0) is 13.1. The van der Waals surface area contributed by atoms with Crippen LogP contribution in [0.4, 0.5) is 8.78 Å². The Bertz CT molecular complexity index is 519. The van der Waals surface area contributed by atoms with Gasteiger partial charge in [0.15, 0.2) is 0 Å². The van der Waals surface area contributed by atoms with Gasteiger partial charge in [-0.25, -0.2) is 13.8 Å². The number of nitrogens with zero attached hydrogens (tertiary/aromatic N) is 2. The molecule has 18 heavy (non-hydrogen) atoms. The van der Waals surface area contributed by atoms with Crippen LogP contribution in [0.3, 0.4) is 0 Å². The maximum atomic E-state index is 13.0. The second-order valence-corrected chi connectivity index (χ2v) is 4.05. The van der Waals surface area contributed by atoms with Crippen molar-refractivity contribution in [1.82, 2.24) is 9.55 Å². The molecular weight excluding hydrogens is 238 g/mol. The Morgan fingerprint density at radius 1 is 1.28 bits per heavy atom. The summed E-state index contributed by atoms with van der Waals surface area (Å²) in [6.07, 6.45) is 2.69. The summed E-state index contributed by atoms with van der Waals surface area (Å²) in [6.45, 7) is 2.69. The second kappa shape index (κ2) is 5.27. The van der Waals surface area contributed by atoms with Crippen LogP contribution in [-0.2, 0) is 13.0 Å². The smallest absolute Gasteiger partial charge is 0.126 e. The highest BCUT2D eigenvalue weighted by atomic mass is 19.1. The number of aliphatic hydroxyl groups excluding tert-OH is 1. The summed E-state index contributed by atoms with van der Waals surface area (Å²) >= 11 is 0. The van der Waals surface area contributed by atoms with Gasteiger partial charge >= 0.3 is 0 Å². The molecule has 1 unspecified atom stereocenters. The molecule has 2 rings (SSSR count). The fourth-order valence-corrected chi connectivity index (χ4v) is 1.88. The van der Waals surface area contributed by atoms with Gasteiger partial charge in [0, 0.05) is 31.4 Å². The van der Waals surface area contributed by atoms with Crippen molar-refractivity contribution >= 4 is 0 Å². The van der Waals surface area contributed by atoms with E-state index in [1.807, 2.05) is 11.5 Å². The van der Waals surface area contributed by atoms with E-state index < -0.39 is 17.7 Å². The molecule has 1 aromatic heterocycles. The Balaban J connectivity index is 2.19. The first-order chi connectivity index (χ1) is 8.60. The van der Waals surface area contributed by atoms with E-state index in [2.05, 4.69) is 4.98 Å². The van der Waals surface area contributed by atoms with Gasteiger partial charge in [-0.15, -0.1) is 0 Å². The second-order valence-electron chi connectivity index (χ2n) is 4.05. The number of aryl methyl sites for hydroxylation is 1. The molecule has 1 aromatic carbocycles. The average molecular weight is 252 g/mol. The predicted molar refractivity (Wildman–Crippen MR) is 62.9 cm³/mol. The lowest BCUT2D eigenvalue weighted by atomic mass is 10.1. The van der Waals surface area contributed by atoms with E-state index in [1.54, 1.807) is 12.4 Å². The van der Waals surface area contributed by atoms with Crippen molar-refractivity contribution in [3.63, 3.8) is 0 Å². The fourth-order valence-electron chi connectivity index (χ4n) is 1.88. The highest BCUT2D eigenvalue weighted by Gasteiger charge is 2.14. The highest BCUT2D eigenvalue weighted by Crippen LogP contribution is 2.19. The van der Waals surface area contributed by atoms with Crippen LogP contribution >= 0.6 is 0 Å². The first-order valence-electron chi connectivity index (χ1n) is 5.74. The van der Waals surface area contributed by atoms with Crippen molar-refractivity contribution in [2.24, 2.45) is 0 Å². The van der Waals surface area contributed by atoms with Crippen LogP contribution in [0.2, 0.25) is 0 Å². The minimum Gasteiger partial charge on any atom is -0.388 e. The third-order valence-electron chi connectivity index (χ3n) is 2.79. The molecule has 0 bridgehead atoms. The quantitative estimate of drug-likeness (QED) is 0.907. The molecule has 5 heteroatoms. The molecule has 1 heterocycles. The Morgan fingerprint density at radius 2 is 1.94 bits per heavy atom. The van der Waals surface area contributed by atoms with Gasteiger partial charge in [-0.3, -0.25) is 0 Å². The first-order valence-corrected chi connectivity index (χ1v) is 5.74. The predicted octanol–water partition coefficient (Wildman–Crippen LogP) is 2.46. The number of hydrogen-bond acceptors (Lipinski definition) is 2. The summed E-state index contributed by atoms with van der Waals surface area (Å²) in [4.78, 5) is 4.11. The fraction of sp³-hybridized carbons (Fsp3) is 0.308. The number of aliphatic hydroxyl groups is 1. The maximum Gasteiger partial charge on any atom is 0.126 e. The van der Waals surface area contributed by atoms with Gasteiger partial charge in [-0.1, -0.05) is 0 Å². The summed E-state index contributed by atoms with van der Waals surface area (Å²) in [6, 6.07) is 3.04. The lowest BCUT2D eigenvalue weighted by Gasteiger charge is -2.12. The van der Waals surface area contributed by atoms with Crippen molar-refractivity contribution in [3.05, 3.63) is 53.6 Å². The van der Waals surface area contributed by atoms with Crippen molar-refractivity contribution < 1.29 is 13.9 Å². The Morgan fingerprint density at radius 3 is 2.56 bits per heavy atom. The van der Waals surface area contributed by atoms with Gasteiger partial charge in [-0.05, 0) is 24.6 Å². The molecular formula is C13H14F2N2O. The summed E-state index contributed by atoms with van der Waals surface area (Å²) < 4.78 is 28.0. The van der Waals surface area contributed by atoms with Crippen LogP contribution < -0.4 is 0 Å². The number of aromatic nitrogens is 2. The van der Waals surface area contributed by atoms with Crippen molar-refractivity contribution in [1.29, 1.82) is 0 Å². The molecule has 0 saturated carbocycles. The standard InChI is InChI=1S/C13H14F2N2O/c1-2-17-4-3-16-13(17)8-12(18)9-5-10(14)7-11(15)6-9/h3-7,12,18H,2,8H2,1H3. The number of benzene rings is 1. The molecule has 0 saturated heterocycles. The SMILES string of the molecule is CCn1ccnc1CC(O)c1cc(F)cc(F)c1. The molecule has 0 aliphatic carbocycles. The summed E-state index contributed by atoms with van der Waals surface area (Å²) in [5.74, 6) is -0.694. The molecule has 1 N–H and O–H groups in total. The third kappa shape index (κ3) is 2.73. The zero-order valence-corrected chi connectivity index (χ0v) is 9.98. The largest absolute Gasteiger partial charge is 0.388 e. The molecule has 0 spiro atoms. The van der Waals surface area contributed by atoms with Gasteiger partial charge in [0.1, 0.15) is 17.5 Å². The molecule has 0 fully saturated rings. The van der Waals surface area contributed by atoms with Crippen molar-refractivity contribution in [2.75, 3.05) is 0 Å². The lowest BCUT2D eigenvalue weighted by molar-refractivity contribution is 0.173. The van der Waals surface area contributed by atoms with Crippen LogP contribution in [0.15, 0.2) is 30.6 Å². The molecule has 2 aromatic rings. The number of halogens is 2. The van der Waals surface area contributed by atoms with Gasteiger partial charge in [-0.2, -0.15) is 0 Å². The maximum absolute atomic E-state index is 13.0. The van der Waals surface area contributed by atoms with Crippen LogP contribution in [0.5, 0.6) is 0 Å². The summed E-state index contributed by atoms with van der Waals surface area (Å²) in [5.41, 5.74) is 0.221. The zero-order valence-electron chi connectivity index (χ0n) is 9.98. The first kappa shape index (κ1) is 12.7. The molecule has 0 radical (unpaired) electrons. The number of rotatable bonds is 4. The monoisotopic (exact) mass is 252 g/mol. The van der Waals surface area contributed by atoms with E-state index in [9.17, 15) is 13.9 Å². The van der Waals surface area contributed by atoms with Crippen LogP contribution in [0.1, 0.15) is 24.4 Å². The van der Waals surface area contributed by atoms with Crippen LogP contribution in [0.25, 0.3) is 0 Å². The number of imidazole rings is 1. The molecule has 1 atom stereocenters. The third-order valence-corrected chi connectivity index (χ3v) is 2.79. The molecule has 96 valence electrons. The number of hydrogen-bond donors (Lipinski definition) is 1. The normalized spacial score (nSPS) is 12.7. The van der Waals surface area contributed by atoms with Gasteiger partial charge < -0.3 is 9.67 Å². The topological polar surface area (TPSA) is 38.0 Å². The minimum atomic E-state index is -0.970. The Hall–Kier alpha value is -1.75. The van der Waals surface area contributed by atoms with E-state index in [0.29, 0.717) is 5.82 Å². The average Bonchev–Trinajstić information content (AvgIpc) is 2.75. The van der Waals surface area contributed by atoms with E-state index in [-0.39, 0.29) is 12.0 Å².